The largest absolute Gasteiger partial charge is 0.333 e. The van der Waals surface area contributed by atoms with Crippen LogP contribution in [0.1, 0.15) is 11.3 Å². The minimum absolute atomic E-state index is 0.634. The first-order valence-electron chi connectivity index (χ1n) is 5.29. The van der Waals surface area contributed by atoms with Gasteiger partial charge in [-0.25, -0.2) is 4.98 Å². The molecule has 0 aliphatic heterocycles. The van der Waals surface area contributed by atoms with Gasteiger partial charge in [0.25, 0.3) is 0 Å². The number of imidazole rings is 1. The van der Waals surface area contributed by atoms with Crippen LogP contribution in [0.15, 0.2) is 30.7 Å². The lowest BCUT2D eigenvalue weighted by atomic mass is 10.2. The van der Waals surface area contributed by atoms with E-state index in [1.807, 2.05) is 36.0 Å². The van der Waals surface area contributed by atoms with E-state index in [0.29, 0.717) is 16.6 Å². The molecule has 0 amide bonds. The van der Waals surface area contributed by atoms with E-state index in [0.717, 1.165) is 17.8 Å². The summed E-state index contributed by atoms with van der Waals surface area (Å²) >= 11 is 12.2. The first-order chi connectivity index (χ1) is 8.20. The molecule has 0 aliphatic rings. The van der Waals surface area contributed by atoms with Gasteiger partial charge in [-0.1, -0.05) is 29.3 Å². The standard InChI is InChI=1S/C12H13Cl2N3/c1-15-5-9-6-17(8-16-9)7-10-11(13)3-2-4-12(10)14/h2-4,6,8,15H,5,7H2,1H3. The van der Waals surface area contributed by atoms with Gasteiger partial charge >= 0.3 is 0 Å². The molecule has 0 saturated carbocycles. The van der Waals surface area contributed by atoms with E-state index in [9.17, 15) is 0 Å². The van der Waals surface area contributed by atoms with Crippen LogP contribution in [0, 0.1) is 0 Å². The Morgan fingerprint density at radius 3 is 2.65 bits per heavy atom. The van der Waals surface area contributed by atoms with Crippen LogP contribution < -0.4 is 5.32 Å². The predicted octanol–water partition coefficient (Wildman–Crippen LogP) is 2.96. The van der Waals surface area contributed by atoms with Gasteiger partial charge in [0, 0.05) is 28.4 Å². The first kappa shape index (κ1) is 12.4. The molecule has 90 valence electrons. The molecule has 0 aliphatic carbocycles. The first-order valence-corrected chi connectivity index (χ1v) is 6.04. The van der Waals surface area contributed by atoms with Crippen molar-refractivity contribution in [2.24, 2.45) is 0 Å². The number of nitrogens with one attached hydrogen (secondary N) is 1. The Balaban J connectivity index is 2.19. The quantitative estimate of drug-likeness (QED) is 0.925. The van der Waals surface area contributed by atoms with Gasteiger partial charge in [0.05, 0.1) is 18.6 Å². The van der Waals surface area contributed by atoms with Crippen molar-refractivity contribution < 1.29 is 0 Å². The SMILES string of the molecule is CNCc1cn(Cc2c(Cl)cccc2Cl)cn1. The summed E-state index contributed by atoms with van der Waals surface area (Å²) in [5.74, 6) is 0. The topological polar surface area (TPSA) is 29.9 Å². The maximum Gasteiger partial charge on any atom is 0.0953 e. The van der Waals surface area contributed by atoms with Crippen LogP contribution in [0.4, 0.5) is 0 Å². The van der Waals surface area contributed by atoms with Crippen molar-refractivity contribution in [3.8, 4) is 0 Å². The number of hydrogen-bond acceptors (Lipinski definition) is 2. The number of halogens is 2. The van der Waals surface area contributed by atoms with Crippen LogP contribution in [0.2, 0.25) is 10.0 Å². The third-order valence-electron chi connectivity index (χ3n) is 2.45. The summed E-state index contributed by atoms with van der Waals surface area (Å²) in [6.07, 6.45) is 3.77. The number of rotatable bonds is 4. The molecular weight excluding hydrogens is 257 g/mol. The average Bonchev–Trinajstić information content (AvgIpc) is 2.72. The lowest BCUT2D eigenvalue weighted by Crippen LogP contribution is -2.05. The van der Waals surface area contributed by atoms with Crippen LogP contribution in [-0.2, 0) is 13.1 Å². The molecule has 3 nitrogen and oxygen atoms in total. The highest BCUT2D eigenvalue weighted by molar-refractivity contribution is 6.35. The summed E-state index contributed by atoms with van der Waals surface area (Å²) < 4.78 is 1.97. The van der Waals surface area contributed by atoms with Gasteiger partial charge in [-0.3, -0.25) is 0 Å². The van der Waals surface area contributed by atoms with E-state index in [1.165, 1.54) is 0 Å². The third kappa shape index (κ3) is 3.00. The summed E-state index contributed by atoms with van der Waals surface area (Å²) in [7, 11) is 1.89. The summed E-state index contributed by atoms with van der Waals surface area (Å²) in [6, 6.07) is 5.52. The Morgan fingerprint density at radius 2 is 2.00 bits per heavy atom. The lowest BCUT2D eigenvalue weighted by Gasteiger charge is -2.07. The van der Waals surface area contributed by atoms with Crippen LogP contribution in [-0.4, -0.2) is 16.6 Å². The maximum absolute atomic E-state index is 6.12. The molecule has 2 rings (SSSR count). The van der Waals surface area contributed by atoms with E-state index in [1.54, 1.807) is 6.33 Å². The second-order valence-electron chi connectivity index (χ2n) is 3.77. The fourth-order valence-corrected chi connectivity index (χ4v) is 2.15. The second kappa shape index (κ2) is 5.54. The van der Waals surface area contributed by atoms with Crippen LogP contribution in [0.25, 0.3) is 0 Å². The highest BCUT2D eigenvalue weighted by Crippen LogP contribution is 2.25. The van der Waals surface area contributed by atoms with Gasteiger partial charge < -0.3 is 9.88 Å². The molecule has 1 N–H and O–H groups in total. The van der Waals surface area contributed by atoms with Gasteiger partial charge in [0.1, 0.15) is 0 Å². The summed E-state index contributed by atoms with van der Waals surface area (Å²) in [5, 5.41) is 4.42. The van der Waals surface area contributed by atoms with Crippen molar-refractivity contribution in [3.63, 3.8) is 0 Å². The van der Waals surface area contributed by atoms with Crippen LogP contribution in [0.5, 0.6) is 0 Å². The molecule has 0 bridgehead atoms. The van der Waals surface area contributed by atoms with Gasteiger partial charge in [-0.2, -0.15) is 0 Å². The minimum atomic E-state index is 0.634. The Labute approximate surface area is 110 Å². The van der Waals surface area contributed by atoms with Crippen LogP contribution in [0.3, 0.4) is 0 Å². The Bertz CT molecular complexity index is 488. The fourth-order valence-electron chi connectivity index (χ4n) is 1.63. The monoisotopic (exact) mass is 269 g/mol. The van der Waals surface area contributed by atoms with E-state index in [2.05, 4.69) is 10.3 Å². The van der Waals surface area contributed by atoms with Gasteiger partial charge in [-0.15, -0.1) is 0 Å². The zero-order valence-electron chi connectivity index (χ0n) is 9.45. The molecular formula is C12H13Cl2N3. The smallest absolute Gasteiger partial charge is 0.0953 e. The third-order valence-corrected chi connectivity index (χ3v) is 3.16. The summed E-state index contributed by atoms with van der Waals surface area (Å²) in [6.45, 7) is 1.39. The molecule has 2 aromatic rings. The summed E-state index contributed by atoms with van der Waals surface area (Å²) in [5.41, 5.74) is 1.92. The molecule has 17 heavy (non-hydrogen) atoms. The molecule has 0 fully saturated rings. The number of nitrogens with zero attached hydrogens (tertiary/aromatic N) is 2. The molecule has 0 radical (unpaired) electrons. The molecule has 0 unspecified atom stereocenters. The van der Waals surface area contributed by atoms with Crippen molar-refractivity contribution >= 4 is 23.2 Å². The normalized spacial score (nSPS) is 10.8. The molecule has 1 aromatic heterocycles. The number of aromatic nitrogens is 2. The molecule has 0 atom stereocenters. The molecule has 0 spiro atoms. The van der Waals surface area contributed by atoms with Crippen molar-refractivity contribution in [2.75, 3.05) is 7.05 Å². The zero-order valence-corrected chi connectivity index (χ0v) is 11.0. The van der Waals surface area contributed by atoms with Gasteiger partial charge in [0.2, 0.25) is 0 Å². The highest BCUT2D eigenvalue weighted by Gasteiger charge is 2.06. The van der Waals surface area contributed by atoms with E-state index in [4.69, 9.17) is 23.2 Å². The maximum atomic E-state index is 6.12. The molecule has 5 heteroatoms. The number of benzene rings is 1. The summed E-state index contributed by atoms with van der Waals surface area (Å²) in [4.78, 5) is 4.28. The van der Waals surface area contributed by atoms with E-state index in [-0.39, 0.29) is 0 Å². The molecule has 1 aromatic carbocycles. The van der Waals surface area contributed by atoms with Gasteiger partial charge in [0.15, 0.2) is 0 Å². The Hall–Kier alpha value is -1.03. The second-order valence-corrected chi connectivity index (χ2v) is 4.58. The molecule has 0 saturated heterocycles. The highest BCUT2D eigenvalue weighted by atomic mass is 35.5. The predicted molar refractivity (Wildman–Crippen MR) is 70.6 cm³/mol. The van der Waals surface area contributed by atoms with Crippen molar-refractivity contribution in [2.45, 2.75) is 13.1 Å². The van der Waals surface area contributed by atoms with Crippen LogP contribution >= 0.6 is 23.2 Å². The van der Waals surface area contributed by atoms with Crippen molar-refractivity contribution in [1.29, 1.82) is 0 Å². The fraction of sp³-hybridized carbons (Fsp3) is 0.250. The van der Waals surface area contributed by atoms with Gasteiger partial charge in [-0.05, 0) is 19.2 Å². The van der Waals surface area contributed by atoms with E-state index >= 15 is 0 Å². The van der Waals surface area contributed by atoms with E-state index < -0.39 is 0 Å². The number of hydrogen-bond donors (Lipinski definition) is 1. The zero-order chi connectivity index (χ0) is 12.3. The minimum Gasteiger partial charge on any atom is -0.333 e. The Morgan fingerprint density at radius 1 is 1.29 bits per heavy atom. The average molecular weight is 270 g/mol. The molecule has 1 heterocycles. The van der Waals surface area contributed by atoms with Crippen molar-refractivity contribution in [1.82, 2.24) is 14.9 Å². The lowest BCUT2D eigenvalue weighted by molar-refractivity contribution is 0.782. The Kier molecular flexibility index (Phi) is 4.05. The van der Waals surface area contributed by atoms with Crippen molar-refractivity contribution in [3.05, 3.63) is 52.0 Å².